The van der Waals surface area contributed by atoms with Crippen molar-refractivity contribution in [1.29, 1.82) is 0 Å². The topological polar surface area (TPSA) is 67.2 Å². The lowest BCUT2D eigenvalue weighted by Crippen LogP contribution is -2.29. The summed E-state index contributed by atoms with van der Waals surface area (Å²) in [6, 6.07) is 5.14. The van der Waals surface area contributed by atoms with Gasteiger partial charge in [0.1, 0.15) is 0 Å². The average molecular weight is 332 g/mol. The Morgan fingerprint density at radius 3 is 2.14 bits per heavy atom. The van der Waals surface area contributed by atoms with E-state index < -0.39 is 6.03 Å². The van der Waals surface area contributed by atoms with Gasteiger partial charge in [-0.05, 0) is 43.1 Å². The van der Waals surface area contributed by atoms with E-state index in [9.17, 15) is 4.79 Å². The minimum Gasteiger partial charge on any atom is -0.352 e. The number of amides is 2. The molecule has 4 nitrogen and oxygen atoms in total. The largest absolute Gasteiger partial charge is 0.352 e. The van der Waals surface area contributed by atoms with Gasteiger partial charge >= 0.3 is 6.03 Å². The lowest BCUT2D eigenvalue weighted by molar-refractivity contribution is 0.248. The number of benzene rings is 1. The van der Waals surface area contributed by atoms with Crippen molar-refractivity contribution in [2.45, 2.75) is 38.6 Å². The fourth-order valence-corrected chi connectivity index (χ4v) is 2.63. The Balaban J connectivity index is 1.96. The summed E-state index contributed by atoms with van der Waals surface area (Å²) in [6.07, 6.45) is 5.59. The molecular formula is C15H23Cl2N3O. The molecule has 0 aliphatic carbocycles. The van der Waals surface area contributed by atoms with Crippen LogP contribution in [-0.2, 0) is 6.54 Å². The molecule has 6 heteroatoms. The quantitative estimate of drug-likeness (QED) is 0.572. The van der Waals surface area contributed by atoms with Gasteiger partial charge in [-0.25, -0.2) is 4.79 Å². The zero-order valence-electron chi connectivity index (χ0n) is 12.1. The normalized spacial score (nSPS) is 10.6. The molecule has 4 N–H and O–H groups in total. The first-order valence-corrected chi connectivity index (χ1v) is 8.02. The second-order valence-corrected chi connectivity index (χ2v) is 5.89. The van der Waals surface area contributed by atoms with Gasteiger partial charge in [-0.2, -0.15) is 0 Å². The molecule has 1 rings (SSSR count). The van der Waals surface area contributed by atoms with Gasteiger partial charge in [-0.3, -0.25) is 0 Å². The van der Waals surface area contributed by atoms with Crippen LogP contribution in [0.1, 0.15) is 37.7 Å². The number of hydrogen-bond acceptors (Lipinski definition) is 2. The van der Waals surface area contributed by atoms with E-state index in [0.29, 0.717) is 16.6 Å². The molecule has 0 saturated carbocycles. The van der Waals surface area contributed by atoms with Crippen molar-refractivity contribution in [1.82, 2.24) is 10.6 Å². The fourth-order valence-electron chi connectivity index (χ4n) is 2.06. The summed E-state index contributed by atoms with van der Waals surface area (Å²) < 4.78 is 0. The number of nitrogens with two attached hydrogens (primary N) is 1. The molecule has 1 aromatic carbocycles. The van der Waals surface area contributed by atoms with Crippen molar-refractivity contribution in [2.24, 2.45) is 5.73 Å². The molecule has 0 atom stereocenters. The molecule has 0 bridgehead atoms. The van der Waals surface area contributed by atoms with Crippen LogP contribution in [0.2, 0.25) is 10.0 Å². The Bertz CT molecular complexity index is 421. The summed E-state index contributed by atoms with van der Waals surface area (Å²) >= 11 is 11.9. The van der Waals surface area contributed by atoms with Crippen LogP contribution in [0, 0.1) is 0 Å². The second kappa shape index (κ2) is 10.7. The fraction of sp³-hybridized carbons (Fsp3) is 0.533. The second-order valence-electron chi connectivity index (χ2n) is 5.01. The van der Waals surface area contributed by atoms with E-state index >= 15 is 0 Å². The first-order chi connectivity index (χ1) is 10.1. The predicted octanol–water partition coefficient (Wildman–Crippen LogP) is 3.70. The SMILES string of the molecule is NC(=O)NCCCCCCCNCc1cc(Cl)cc(Cl)c1. The van der Waals surface area contributed by atoms with Crippen molar-refractivity contribution >= 4 is 29.2 Å². The van der Waals surface area contributed by atoms with Crippen molar-refractivity contribution in [2.75, 3.05) is 13.1 Å². The highest BCUT2D eigenvalue weighted by Crippen LogP contribution is 2.18. The molecule has 118 valence electrons. The van der Waals surface area contributed by atoms with Gasteiger partial charge in [0.15, 0.2) is 0 Å². The molecule has 1 aromatic rings. The molecule has 0 spiro atoms. The first-order valence-electron chi connectivity index (χ1n) is 7.27. The summed E-state index contributed by atoms with van der Waals surface area (Å²) in [4.78, 5) is 10.5. The third-order valence-electron chi connectivity index (χ3n) is 3.08. The summed E-state index contributed by atoms with van der Waals surface area (Å²) in [5.41, 5.74) is 6.08. The Morgan fingerprint density at radius 2 is 1.52 bits per heavy atom. The maximum absolute atomic E-state index is 10.5. The molecule has 0 aliphatic rings. The maximum Gasteiger partial charge on any atom is 0.312 e. The number of halogens is 2. The van der Waals surface area contributed by atoms with E-state index in [4.69, 9.17) is 28.9 Å². The number of unbranched alkanes of at least 4 members (excludes halogenated alkanes) is 4. The highest BCUT2D eigenvalue weighted by atomic mass is 35.5. The Labute approximate surface area is 136 Å². The van der Waals surface area contributed by atoms with Crippen LogP contribution >= 0.6 is 23.2 Å². The minimum absolute atomic E-state index is 0.444. The Hall–Kier alpha value is -0.970. The van der Waals surface area contributed by atoms with Crippen molar-refractivity contribution < 1.29 is 4.79 Å². The molecule has 0 radical (unpaired) electrons. The van der Waals surface area contributed by atoms with Gasteiger partial charge in [0.2, 0.25) is 0 Å². The molecule has 0 heterocycles. The summed E-state index contributed by atoms with van der Waals surface area (Å²) in [5, 5.41) is 7.31. The minimum atomic E-state index is -0.444. The standard InChI is InChI=1S/C15H23Cl2N3O/c16-13-8-12(9-14(17)10-13)11-19-6-4-2-1-3-5-7-20-15(18)21/h8-10,19H,1-7,11H2,(H3,18,20,21). The number of primary amides is 1. The van der Waals surface area contributed by atoms with Crippen LogP contribution in [0.4, 0.5) is 4.79 Å². The molecule has 0 fully saturated rings. The smallest absolute Gasteiger partial charge is 0.312 e. The van der Waals surface area contributed by atoms with Crippen molar-refractivity contribution in [3.63, 3.8) is 0 Å². The van der Waals surface area contributed by atoms with Gasteiger partial charge in [-0.15, -0.1) is 0 Å². The van der Waals surface area contributed by atoms with Gasteiger partial charge in [0.25, 0.3) is 0 Å². The van der Waals surface area contributed by atoms with E-state index in [1.807, 2.05) is 12.1 Å². The van der Waals surface area contributed by atoms with Crippen molar-refractivity contribution in [3.8, 4) is 0 Å². The molecule has 0 aliphatic heterocycles. The van der Waals surface area contributed by atoms with E-state index in [2.05, 4.69) is 10.6 Å². The number of rotatable bonds is 10. The van der Waals surface area contributed by atoms with E-state index in [1.165, 1.54) is 12.8 Å². The number of carbonyl (C=O) groups is 1. The molecule has 0 unspecified atom stereocenters. The van der Waals surface area contributed by atoms with Crippen molar-refractivity contribution in [3.05, 3.63) is 33.8 Å². The lowest BCUT2D eigenvalue weighted by atomic mass is 10.1. The zero-order chi connectivity index (χ0) is 15.5. The third kappa shape index (κ3) is 9.56. The predicted molar refractivity (Wildman–Crippen MR) is 88.8 cm³/mol. The highest BCUT2D eigenvalue weighted by molar-refractivity contribution is 6.34. The van der Waals surface area contributed by atoms with E-state index in [0.717, 1.165) is 37.9 Å². The number of urea groups is 1. The number of hydrogen-bond donors (Lipinski definition) is 3. The highest BCUT2D eigenvalue weighted by Gasteiger charge is 1.98. The Morgan fingerprint density at radius 1 is 0.952 bits per heavy atom. The van der Waals surface area contributed by atoms with Crippen LogP contribution in [0.5, 0.6) is 0 Å². The number of nitrogens with one attached hydrogen (secondary N) is 2. The van der Waals surface area contributed by atoms with Crippen LogP contribution in [0.15, 0.2) is 18.2 Å². The van der Waals surface area contributed by atoms with Gasteiger partial charge in [0.05, 0.1) is 0 Å². The number of carbonyl (C=O) groups excluding carboxylic acids is 1. The maximum atomic E-state index is 10.5. The summed E-state index contributed by atoms with van der Waals surface area (Å²) in [5.74, 6) is 0. The molecular weight excluding hydrogens is 309 g/mol. The van der Waals surface area contributed by atoms with E-state index in [1.54, 1.807) is 6.07 Å². The van der Waals surface area contributed by atoms with E-state index in [-0.39, 0.29) is 0 Å². The van der Waals surface area contributed by atoms with Crippen LogP contribution < -0.4 is 16.4 Å². The van der Waals surface area contributed by atoms with Gasteiger partial charge in [-0.1, -0.05) is 42.5 Å². The van der Waals surface area contributed by atoms with Gasteiger partial charge < -0.3 is 16.4 Å². The summed E-state index contributed by atoms with van der Waals surface area (Å²) in [7, 11) is 0. The van der Waals surface area contributed by atoms with Gasteiger partial charge in [0, 0.05) is 23.1 Å². The zero-order valence-corrected chi connectivity index (χ0v) is 13.6. The third-order valence-corrected chi connectivity index (χ3v) is 3.52. The first kappa shape index (κ1) is 18.1. The lowest BCUT2D eigenvalue weighted by Gasteiger charge is -2.06. The molecule has 2 amide bonds. The summed E-state index contributed by atoms with van der Waals surface area (Å²) in [6.45, 7) is 2.43. The van der Waals surface area contributed by atoms with Crippen LogP contribution in [0.25, 0.3) is 0 Å². The van der Waals surface area contributed by atoms with Crippen LogP contribution in [-0.4, -0.2) is 19.1 Å². The van der Waals surface area contributed by atoms with Crippen LogP contribution in [0.3, 0.4) is 0 Å². The Kier molecular flexibility index (Phi) is 9.22. The monoisotopic (exact) mass is 331 g/mol. The average Bonchev–Trinajstić information content (AvgIpc) is 2.39. The molecule has 0 saturated heterocycles. The molecule has 21 heavy (non-hydrogen) atoms. The molecule has 0 aromatic heterocycles.